The molecule has 0 aliphatic rings. The lowest BCUT2D eigenvalue weighted by atomic mass is 9.74. The van der Waals surface area contributed by atoms with Crippen LogP contribution in [0.25, 0.3) is 64.6 Å². The fourth-order valence-electron chi connectivity index (χ4n) is 8.21. The second-order valence-electron chi connectivity index (χ2n) is 13.1. The summed E-state index contributed by atoms with van der Waals surface area (Å²) in [6.45, 7) is 2.69. The average molecular weight is 642 g/mol. The summed E-state index contributed by atoms with van der Waals surface area (Å²) in [5, 5.41) is 30.7. The topological polar surface area (TPSA) is 67.8 Å². The van der Waals surface area contributed by atoms with Crippen LogP contribution < -0.4 is 14.8 Å². The molecule has 240 valence electrons. The number of benzene rings is 9. The van der Waals surface area contributed by atoms with Crippen LogP contribution in [0.3, 0.4) is 0 Å². The second kappa shape index (κ2) is 10.9. The first-order valence-corrected chi connectivity index (χ1v) is 16.9. The fourth-order valence-corrected chi connectivity index (χ4v) is 8.21. The Kier molecular flexibility index (Phi) is 6.58. The number of nitrogens with one attached hydrogen (secondary N) is 1. The molecular weight excluding hydrogens is 606 g/mol. The Bertz CT molecular complexity index is 2640. The first-order chi connectivity index (χ1) is 24.0. The molecule has 0 aromatic heterocycles. The summed E-state index contributed by atoms with van der Waals surface area (Å²) in [6.07, 6.45) is 1.88. The van der Waals surface area contributed by atoms with Crippen molar-refractivity contribution in [3.63, 3.8) is 0 Å². The van der Waals surface area contributed by atoms with Crippen LogP contribution in [-0.4, -0.2) is 31.8 Å². The second-order valence-corrected chi connectivity index (χ2v) is 13.1. The van der Waals surface area contributed by atoms with Crippen LogP contribution in [0.1, 0.15) is 46.8 Å². The van der Waals surface area contributed by atoms with Crippen molar-refractivity contribution in [2.24, 2.45) is 0 Å². The molecule has 2 N–H and O–H groups in total. The quantitative estimate of drug-likeness (QED) is 0.0713. The Morgan fingerprint density at radius 1 is 0.653 bits per heavy atom. The highest BCUT2D eigenvalue weighted by Crippen LogP contribution is 2.52. The first-order valence-electron chi connectivity index (χ1n) is 16.9. The van der Waals surface area contributed by atoms with E-state index in [1.165, 1.54) is 43.1 Å². The highest BCUT2D eigenvalue weighted by molar-refractivity contribution is 6.44. The number of ether oxygens (including phenoxy) is 2. The molecule has 0 bridgehead atoms. The van der Waals surface area contributed by atoms with Gasteiger partial charge in [0.1, 0.15) is 17.1 Å². The maximum atomic E-state index is 13.6. The minimum atomic E-state index is -1.72. The molecular formula is C44H35NO4. The van der Waals surface area contributed by atoms with Crippen LogP contribution in [0, 0.1) is 0 Å². The number of carbonyl (C=O) groups is 1. The van der Waals surface area contributed by atoms with Crippen molar-refractivity contribution in [2.75, 3.05) is 20.8 Å². The predicted molar refractivity (Wildman–Crippen MR) is 200 cm³/mol. The van der Waals surface area contributed by atoms with Gasteiger partial charge in [-0.15, -0.1) is 0 Å². The molecule has 1 unspecified atom stereocenters. The van der Waals surface area contributed by atoms with Crippen LogP contribution in [0.15, 0.2) is 109 Å². The maximum absolute atomic E-state index is 13.6. The van der Waals surface area contributed by atoms with Gasteiger partial charge in [0.15, 0.2) is 0 Å². The summed E-state index contributed by atoms with van der Waals surface area (Å²) in [7, 11) is 3.22. The SMILES string of the molecule is CCCCNC(=O)c1cccc(C(O)(c2ccc(OC)cc2OC)c2cc3ccc4ccc5ccc6ccc7ccc2c2c7c6c5c4c32)c1. The molecule has 0 radical (unpaired) electrons. The molecule has 5 heteroatoms. The monoisotopic (exact) mass is 641 g/mol. The summed E-state index contributed by atoms with van der Waals surface area (Å²) in [6, 6.07) is 37.0. The van der Waals surface area contributed by atoms with E-state index in [0.29, 0.717) is 40.3 Å². The third kappa shape index (κ3) is 4.12. The van der Waals surface area contributed by atoms with Gasteiger partial charge in [-0.1, -0.05) is 86.1 Å². The van der Waals surface area contributed by atoms with Gasteiger partial charge in [0, 0.05) is 29.3 Å². The van der Waals surface area contributed by atoms with Crippen molar-refractivity contribution in [1.82, 2.24) is 5.32 Å². The Balaban J connectivity index is 1.42. The van der Waals surface area contributed by atoms with Gasteiger partial charge >= 0.3 is 0 Å². The molecule has 49 heavy (non-hydrogen) atoms. The van der Waals surface area contributed by atoms with E-state index in [1.54, 1.807) is 26.4 Å². The van der Waals surface area contributed by atoms with Gasteiger partial charge in [-0.2, -0.15) is 0 Å². The number of rotatable bonds is 9. The fraction of sp³-hybridized carbons (Fsp3) is 0.159. The largest absolute Gasteiger partial charge is 0.497 e. The number of unbranched alkanes of at least 4 members (excludes halogenated alkanes) is 1. The molecule has 9 aromatic rings. The summed E-state index contributed by atoms with van der Waals surface area (Å²) >= 11 is 0. The predicted octanol–water partition coefficient (Wildman–Crippen LogP) is 9.75. The van der Waals surface area contributed by atoms with Crippen molar-refractivity contribution in [3.05, 3.63) is 131 Å². The molecule has 0 aliphatic carbocycles. The molecule has 0 saturated carbocycles. The number of carbonyl (C=O) groups excluding carboxylic acids is 1. The molecule has 1 amide bonds. The average Bonchev–Trinajstić information content (AvgIpc) is 3.15. The molecule has 0 fully saturated rings. The third-order valence-corrected chi connectivity index (χ3v) is 10.5. The first kappa shape index (κ1) is 29.5. The molecule has 0 spiro atoms. The van der Waals surface area contributed by atoms with Gasteiger partial charge in [0.05, 0.1) is 14.2 Å². The molecule has 9 rings (SSSR count). The summed E-state index contributed by atoms with van der Waals surface area (Å²) in [5.74, 6) is 0.927. The zero-order chi connectivity index (χ0) is 33.4. The van der Waals surface area contributed by atoms with E-state index in [9.17, 15) is 9.90 Å². The molecule has 1 atom stereocenters. The smallest absolute Gasteiger partial charge is 0.251 e. The molecule has 9 aromatic carbocycles. The number of hydrogen-bond donors (Lipinski definition) is 2. The normalized spacial score (nSPS) is 13.4. The van der Waals surface area contributed by atoms with Crippen molar-refractivity contribution >= 4 is 70.5 Å². The van der Waals surface area contributed by atoms with E-state index >= 15 is 0 Å². The maximum Gasteiger partial charge on any atom is 0.251 e. The van der Waals surface area contributed by atoms with Gasteiger partial charge in [-0.05, 0) is 107 Å². The van der Waals surface area contributed by atoms with Gasteiger partial charge in [0.25, 0.3) is 5.91 Å². The van der Waals surface area contributed by atoms with Crippen molar-refractivity contribution in [1.29, 1.82) is 0 Å². The van der Waals surface area contributed by atoms with E-state index in [0.717, 1.165) is 34.4 Å². The zero-order valence-corrected chi connectivity index (χ0v) is 27.7. The van der Waals surface area contributed by atoms with E-state index in [-0.39, 0.29) is 5.91 Å². The lowest BCUT2D eigenvalue weighted by molar-refractivity contribution is 0.0952. The highest BCUT2D eigenvalue weighted by Gasteiger charge is 2.39. The number of amides is 1. The van der Waals surface area contributed by atoms with E-state index in [4.69, 9.17) is 9.47 Å². The van der Waals surface area contributed by atoms with Gasteiger partial charge < -0.3 is 19.9 Å². The zero-order valence-electron chi connectivity index (χ0n) is 27.7. The Labute approximate surface area is 283 Å². The minimum absolute atomic E-state index is 0.169. The molecule has 5 nitrogen and oxygen atoms in total. The van der Waals surface area contributed by atoms with Crippen LogP contribution in [-0.2, 0) is 5.60 Å². The Hall–Kier alpha value is -5.65. The standard InChI is InChI=1S/C44H35NO4/c1-4-5-21-45-43(46)30-7-6-8-31(22-30)44(47,34-20-18-32(48-2)24-36(34)49-3)35-23-29-16-15-27-12-10-25-9-11-26-13-14-28-17-19-33(35)42-40(28)38(26)37(25)39(27)41(29)42/h6-20,22-24,47H,4-5,21H2,1-3H3,(H,45,46). The van der Waals surface area contributed by atoms with Crippen LogP contribution in [0.4, 0.5) is 0 Å². The van der Waals surface area contributed by atoms with E-state index in [2.05, 4.69) is 79.0 Å². The number of aliphatic hydroxyl groups is 1. The van der Waals surface area contributed by atoms with E-state index < -0.39 is 5.60 Å². The van der Waals surface area contributed by atoms with Crippen molar-refractivity contribution in [3.8, 4) is 11.5 Å². The van der Waals surface area contributed by atoms with Gasteiger partial charge in [-0.25, -0.2) is 0 Å². The van der Waals surface area contributed by atoms with Crippen molar-refractivity contribution < 1.29 is 19.4 Å². The third-order valence-electron chi connectivity index (χ3n) is 10.5. The number of methoxy groups -OCH3 is 2. The molecule has 0 heterocycles. The minimum Gasteiger partial charge on any atom is -0.497 e. The lowest BCUT2D eigenvalue weighted by Crippen LogP contribution is -2.31. The summed E-state index contributed by atoms with van der Waals surface area (Å²) in [5.41, 5.74) is 0.607. The molecule has 0 aliphatic heterocycles. The summed E-state index contributed by atoms with van der Waals surface area (Å²) in [4.78, 5) is 13.4. The van der Waals surface area contributed by atoms with E-state index in [1.807, 2.05) is 30.3 Å². The highest BCUT2D eigenvalue weighted by atomic mass is 16.5. The summed E-state index contributed by atoms with van der Waals surface area (Å²) < 4.78 is 11.5. The Morgan fingerprint density at radius 2 is 1.24 bits per heavy atom. The lowest BCUT2D eigenvalue weighted by Gasteiger charge is -2.34. The van der Waals surface area contributed by atoms with Gasteiger partial charge in [-0.3, -0.25) is 4.79 Å². The number of hydrogen-bond acceptors (Lipinski definition) is 4. The van der Waals surface area contributed by atoms with Crippen LogP contribution in [0.5, 0.6) is 11.5 Å². The Morgan fingerprint density at radius 3 is 1.86 bits per heavy atom. The van der Waals surface area contributed by atoms with Crippen LogP contribution >= 0.6 is 0 Å². The van der Waals surface area contributed by atoms with Gasteiger partial charge in [0.2, 0.25) is 0 Å². The van der Waals surface area contributed by atoms with Crippen molar-refractivity contribution in [2.45, 2.75) is 25.4 Å². The van der Waals surface area contributed by atoms with Crippen LogP contribution in [0.2, 0.25) is 0 Å². The molecule has 0 saturated heterocycles.